The Kier molecular flexibility index (Phi) is 4.97. The summed E-state index contributed by atoms with van der Waals surface area (Å²) in [6.07, 6.45) is 0. The maximum atomic E-state index is 9.44. The molecule has 19 heavy (non-hydrogen) atoms. The molecule has 0 bridgehead atoms. The van der Waals surface area contributed by atoms with Crippen molar-refractivity contribution in [2.24, 2.45) is 0 Å². The Hall–Kier alpha value is -1.52. The molecule has 2 aromatic carbocycles. The molecule has 0 saturated carbocycles. The second kappa shape index (κ2) is 6.08. The van der Waals surface area contributed by atoms with Gasteiger partial charge in [0.05, 0.1) is 0 Å². The third kappa shape index (κ3) is 6.84. The highest BCUT2D eigenvalue weighted by Gasteiger charge is 2.15. The first-order valence-corrected chi connectivity index (χ1v) is 7.50. The van der Waals surface area contributed by atoms with Gasteiger partial charge in [0.2, 0.25) is 0 Å². The van der Waals surface area contributed by atoms with Crippen LogP contribution in [0.1, 0.15) is 0 Å². The van der Waals surface area contributed by atoms with E-state index in [1.54, 1.807) is 0 Å². The van der Waals surface area contributed by atoms with Crippen molar-refractivity contribution < 1.29 is 29.6 Å². The third-order valence-corrected chi connectivity index (χ3v) is 3.21. The van der Waals surface area contributed by atoms with E-state index in [1.165, 1.54) is 10.8 Å². The van der Waals surface area contributed by atoms with E-state index in [-0.39, 0.29) is 0 Å². The largest absolute Gasteiger partial charge is 0.413 e. The van der Waals surface area contributed by atoms with Crippen molar-refractivity contribution >= 4 is 31.6 Å². The maximum absolute atomic E-state index is 9.44. The van der Waals surface area contributed by atoms with Gasteiger partial charge in [-0.05, 0) is 10.8 Å². The van der Waals surface area contributed by atoms with Gasteiger partial charge < -0.3 is 0 Å². The van der Waals surface area contributed by atoms with E-state index >= 15 is 0 Å². The molecule has 0 aliphatic carbocycles. The summed E-state index contributed by atoms with van der Waals surface area (Å²) < 4.78 is 55.6. The average Bonchev–Trinajstić information content (AvgIpc) is 2.25. The fraction of sp³-hybridized carbons (Fsp3) is 0. The quantitative estimate of drug-likeness (QED) is 0.806. The molecule has 0 heterocycles. The molecule has 0 amide bonds. The van der Waals surface area contributed by atoms with E-state index in [0.29, 0.717) is 0 Å². The summed E-state index contributed by atoms with van der Waals surface area (Å²) in [5, 5.41) is 2.62. The van der Waals surface area contributed by atoms with Gasteiger partial charge in [0, 0.05) is 0 Å². The zero-order chi connectivity index (χ0) is 14.5. The van der Waals surface area contributed by atoms with Crippen molar-refractivity contribution in [2.75, 3.05) is 0 Å². The van der Waals surface area contributed by atoms with Gasteiger partial charge in [0.1, 0.15) is 0 Å². The first-order chi connectivity index (χ1) is 8.67. The zero-order valence-corrected chi connectivity index (χ0v) is 11.0. The van der Waals surface area contributed by atoms with Crippen LogP contribution in [0.15, 0.2) is 48.5 Å². The summed E-state index contributed by atoms with van der Waals surface area (Å²) >= 11 is 0. The standard InChI is InChI=1S/C10H8.H2O7S2/c1-2-6-10-8-4-3-7-9(10)5-1;1-8(2,3)7-9(4,5)6/h1-8H;(H,1,2,3)(H,4,5,6). The van der Waals surface area contributed by atoms with Crippen LogP contribution in [0.2, 0.25) is 0 Å². The van der Waals surface area contributed by atoms with E-state index in [0.717, 1.165) is 0 Å². The lowest BCUT2D eigenvalue weighted by Crippen LogP contribution is -2.10. The van der Waals surface area contributed by atoms with Gasteiger partial charge in [-0.1, -0.05) is 48.5 Å². The number of fused-ring (bicyclic) bond motifs is 1. The van der Waals surface area contributed by atoms with Gasteiger partial charge in [-0.2, -0.15) is 16.8 Å². The molecule has 9 heteroatoms. The van der Waals surface area contributed by atoms with Crippen LogP contribution in [-0.4, -0.2) is 25.9 Å². The van der Waals surface area contributed by atoms with E-state index in [1.807, 2.05) is 0 Å². The highest BCUT2D eigenvalue weighted by atomic mass is 32.3. The summed E-state index contributed by atoms with van der Waals surface area (Å²) in [4.78, 5) is 0. The molecule has 0 fully saturated rings. The van der Waals surface area contributed by atoms with Crippen LogP contribution in [0.5, 0.6) is 0 Å². The van der Waals surface area contributed by atoms with Gasteiger partial charge in [-0.15, -0.1) is 3.63 Å². The molecule has 0 radical (unpaired) electrons. The summed E-state index contributed by atoms with van der Waals surface area (Å²) in [6, 6.07) is 16.7. The Morgan fingerprint density at radius 2 is 0.947 bits per heavy atom. The molecule has 0 aromatic heterocycles. The topological polar surface area (TPSA) is 118 Å². The van der Waals surface area contributed by atoms with Crippen LogP contribution in [0.4, 0.5) is 0 Å². The monoisotopic (exact) mass is 306 g/mol. The maximum Gasteiger partial charge on any atom is 0.413 e. The molecule has 0 spiro atoms. The Morgan fingerprint density at radius 1 is 0.684 bits per heavy atom. The van der Waals surface area contributed by atoms with E-state index in [9.17, 15) is 16.8 Å². The smallest absolute Gasteiger partial charge is 0.263 e. The van der Waals surface area contributed by atoms with Gasteiger partial charge in [-0.3, -0.25) is 9.11 Å². The van der Waals surface area contributed by atoms with Gasteiger partial charge in [0.25, 0.3) is 0 Å². The molecule has 2 rings (SSSR count). The fourth-order valence-corrected chi connectivity index (χ4v) is 2.11. The van der Waals surface area contributed by atoms with Crippen molar-refractivity contribution in [2.45, 2.75) is 0 Å². The Balaban J connectivity index is 0.000000192. The van der Waals surface area contributed by atoms with Crippen LogP contribution < -0.4 is 0 Å². The molecule has 0 aliphatic heterocycles. The Morgan fingerprint density at radius 3 is 1.11 bits per heavy atom. The molecular formula is C10H10O7S2. The highest BCUT2D eigenvalue weighted by Crippen LogP contribution is 2.11. The van der Waals surface area contributed by atoms with Crippen LogP contribution in [-0.2, 0) is 24.4 Å². The molecule has 0 unspecified atom stereocenters. The summed E-state index contributed by atoms with van der Waals surface area (Å²) in [5.41, 5.74) is 0. The summed E-state index contributed by atoms with van der Waals surface area (Å²) in [7, 11) is -10.2. The van der Waals surface area contributed by atoms with E-state index < -0.39 is 20.8 Å². The van der Waals surface area contributed by atoms with Crippen molar-refractivity contribution in [3.8, 4) is 0 Å². The van der Waals surface area contributed by atoms with Crippen LogP contribution >= 0.6 is 0 Å². The average molecular weight is 306 g/mol. The minimum absolute atomic E-state index is 1.31. The lowest BCUT2D eigenvalue weighted by Gasteiger charge is -1.92. The normalized spacial score (nSPS) is 11.7. The minimum atomic E-state index is -5.12. The van der Waals surface area contributed by atoms with E-state index in [2.05, 4.69) is 52.2 Å². The molecule has 0 aliphatic rings. The Labute approximate surface area is 110 Å². The molecular weight excluding hydrogens is 296 g/mol. The second-order valence-electron chi connectivity index (χ2n) is 3.27. The van der Waals surface area contributed by atoms with Crippen molar-refractivity contribution in [3.05, 3.63) is 48.5 Å². The number of rotatable bonds is 2. The lowest BCUT2D eigenvalue weighted by molar-refractivity contribution is 0.344. The zero-order valence-electron chi connectivity index (χ0n) is 9.37. The van der Waals surface area contributed by atoms with Crippen LogP contribution in [0.25, 0.3) is 10.8 Å². The molecule has 0 atom stereocenters. The number of hydrogen-bond acceptors (Lipinski definition) is 5. The van der Waals surface area contributed by atoms with Crippen molar-refractivity contribution in [1.82, 2.24) is 0 Å². The molecule has 104 valence electrons. The molecule has 2 aromatic rings. The molecule has 0 saturated heterocycles. The predicted octanol–water partition coefficient (Wildman–Crippen LogP) is 1.45. The van der Waals surface area contributed by atoms with Gasteiger partial charge in [-0.25, -0.2) is 0 Å². The first kappa shape index (κ1) is 15.5. The predicted molar refractivity (Wildman–Crippen MR) is 68.1 cm³/mol. The van der Waals surface area contributed by atoms with Gasteiger partial charge in [0.15, 0.2) is 0 Å². The van der Waals surface area contributed by atoms with Crippen molar-refractivity contribution in [1.29, 1.82) is 0 Å². The molecule has 2 N–H and O–H groups in total. The van der Waals surface area contributed by atoms with E-state index in [4.69, 9.17) is 9.11 Å². The highest BCUT2D eigenvalue weighted by molar-refractivity contribution is 7.94. The molecule has 7 nitrogen and oxygen atoms in total. The van der Waals surface area contributed by atoms with Crippen LogP contribution in [0.3, 0.4) is 0 Å². The summed E-state index contributed by atoms with van der Waals surface area (Å²) in [5.74, 6) is 0. The minimum Gasteiger partial charge on any atom is -0.263 e. The summed E-state index contributed by atoms with van der Waals surface area (Å²) in [6.45, 7) is 0. The Bertz CT molecular complexity index is 655. The van der Waals surface area contributed by atoms with Crippen molar-refractivity contribution in [3.63, 3.8) is 0 Å². The van der Waals surface area contributed by atoms with Gasteiger partial charge >= 0.3 is 20.8 Å². The SMILES string of the molecule is O=S(=O)(O)OS(=O)(=O)O.c1ccc2ccccc2c1. The number of hydrogen-bond donors (Lipinski definition) is 2. The first-order valence-electron chi connectivity index (χ1n) is 4.77. The van der Waals surface area contributed by atoms with Crippen LogP contribution in [0, 0.1) is 0 Å². The fourth-order valence-electron chi connectivity index (χ4n) is 1.24. The second-order valence-corrected chi connectivity index (χ2v) is 5.53. The lowest BCUT2D eigenvalue weighted by atomic mass is 10.1. The number of benzene rings is 2. The third-order valence-electron chi connectivity index (χ3n) is 1.83.